The molecule has 1 aliphatic rings. The number of epoxide rings is 1. The van der Waals surface area contributed by atoms with Gasteiger partial charge in [-0.3, -0.25) is 4.67 Å². The third kappa shape index (κ3) is 2.69. The van der Waals surface area contributed by atoms with E-state index in [1.165, 1.54) is 12.8 Å². The SMILES string of the molecule is CCC(C)CC1OC1N(C)PC. The second-order valence-corrected chi connectivity index (χ2v) is 4.80. The fourth-order valence-corrected chi connectivity index (χ4v) is 1.82. The molecule has 3 heteroatoms. The van der Waals surface area contributed by atoms with Crippen LogP contribution in [0.3, 0.4) is 0 Å². The lowest BCUT2D eigenvalue weighted by Crippen LogP contribution is -2.14. The molecule has 0 amide bonds. The van der Waals surface area contributed by atoms with Gasteiger partial charge in [-0.1, -0.05) is 29.0 Å². The molecule has 4 atom stereocenters. The molecule has 1 rings (SSSR count). The summed E-state index contributed by atoms with van der Waals surface area (Å²) in [5.41, 5.74) is 0. The smallest absolute Gasteiger partial charge is 0.140 e. The molecule has 4 unspecified atom stereocenters. The minimum absolute atomic E-state index is 0.433. The predicted octanol–water partition coefficient (Wildman–Crippen LogP) is 2.30. The molecule has 0 aliphatic carbocycles. The van der Waals surface area contributed by atoms with Crippen LogP contribution in [-0.4, -0.2) is 30.7 Å². The Balaban J connectivity index is 2.15. The van der Waals surface area contributed by atoms with Gasteiger partial charge in [0.1, 0.15) is 6.23 Å². The zero-order chi connectivity index (χ0) is 9.14. The van der Waals surface area contributed by atoms with Gasteiger partial charge in [-0.15, -0.1) is 0 Å². The van der Waals surface area contributed by atoms with E-state index in [0.29, 0.717) is 12.3 Å². The summed E-state index contributed by atoms with van der Waals surface area (Å²) in [4.78, 5) is 0. The molecule has 0 spiro atoms. The van der Waals surface area contributed by atoms with E-state index in [2.05, 4.69) is 32.2 Å². The molecule has 1 fully saturated rings. The summed E-state index contributed by atoms with van der Waals surface area (Å²) in [6.07, 6.45) is 3.46. The fourth-order valence-electron chi connectivity index (χ4n) is 1.34. The van der Waals surface area contributed by atoms with Crippen molar-refractivity contribution in [1.29, 1.82) is 0 Å². The number of hydrogen-bond acceptors (Lipinski definition) is 2. The lowest BCUT2D eigenvalue weighted by atomic mass is 10.0. The van der Waals surface area contributed by atoms with Gasteiger partial charge in [-0.25, -0.2) is 0 Å². The van der Waals surface area contributed by atoms with E-state index >= 15 is 0 Å². The summed E-state index contributed by atoms with van der Waals surface area (Å²) in [6, 6.07) is 0. The average Bonchev–Trinajstić information content (AvgIpc) is 2.82. The van der Waals surface area contributed by atoms with E-state index in [1.54, 1.807) is 0 Å². The van der Waals surface area contributed by atoms with E-state index in [4.69, 9.17) is 4.74 Å². The summed E-state index contributed by atoms with van der Waals surface area (Å²) in [6.45, 7) is 6.74. The van der Waals surface area contributed by atoms with Crippen molar-refractivity contribution in [3.63, 3.8) is 0 Å². The molecule has 0 N–H and O–H groups in total. The summed E-state index contributed by atoms with van der Waals surface area (Å²) < 4.78 is 7.87. The second kappa shape index (κ2) is 4.55. The van der Waals surface area contributed by atoms with Crippen LogP contribution in [0.5, 0.6) is 0 Å². The highest BCUT2D eigenvalue weighted by Gasteiger charge is 2.41. The van der Waals surface area contributed by atoms with Crippen molar-refractivity contribution in [2.24, 2.45) is 5.92 Å². The second-order valence-electron chi connectivity index (χ2n) is 3.65. The van der Waals surface area contributed by atoms with Crippen molar-refractivity contribution in [3.05, 3.63) is 0 Å². The average molecular weight is 189 g/mol. The lowest BCUT2D eigenvalue weighted by molar-refractivity contribution is 0.292. The molecule has 0 saturated carbocycles. The largest absolute Gasteiger partial charge is 0.353 e. The first-order valence-corrected chi connectivity index (χ1v) is 6.19. The Morgan fingerprint density at radius 2 is 2.25 bits per heavy atom. The molecule has 0 aromatic heterocycles. The van der Waals surface area contributed by atoms with Crippen molar-refractivity contribution in [2.45, 2.75) is 39.0 Å². The summed E-state index contributed by atoms with van der Waals surface area (Å²) in [5, 5.41) is 0. The van der Waals surface area contributed by atoms with E-state index in [9.17, 15) is 0 Å². The number of rotatable bonds is 5. The van der Waals surface area contributed by atoms with Crippen LogP contribution in [0.2, 0.25) is 0 Å². The maximum Gasteiger partial charge on any atom is 0.140 e. The van der Waals surface area contributed by atoms with Gasteiger partial charge in [0, 0.05) is 0 Å². The zero-order valence-corrected chi connectivity index (χ0v) is 9.50. The molecular formula is C9H20NOP. The van der Waals surface area contributed by atoms with Gasteiger partial charge in [-0.05, 0) is 26.1 Å². The van der Waals surface area contributed by atoms with Gasteiger partial charge >= 0.3 is 0 Å². The Morgan fingerprint density at radius 3 is 2.75 bits per heavy atom. The third-order valence-corrected chi connectivity index (χ3v) is 3.58. The molecule has 72 valence electrons. The normalized spacial score (nSPS) is 31.8. The van der Waals surface area contributed by atoms with Crippen LogP contribution in [-0.2, 0) is 4.74 Å². The Hall–Kier alpha value is 0.350. The van der Waals surface area contributed by atoms with Gasteiger partial charge in [0.2, 0.25) is 0 Å². The predicted molar refractivity (Wildman–Crippen MR) is 54.7 cm³/mol. The highest BCUT2D eigenvalue weighted by atomic mass is 31.1. The standard InChI is InChI=1S/C9H20NOP/c1-5-7(2)6-8-9(11-8)10(3)12-4/h7-9,12H,5-6H2,1-4H3. The van der Waals surface area contributed by atoms with Crippen molar-refractivity contribution >= 4 is 8.73 Å². The Bertz CT molecular complexity index is 142. The third-order valence-electron chi connectivity index (χ3n) is 2.62. The highest BCUT2D eigenvalue weighted by Crippen LogP contribution is 2.35. The Morgan fingerprint density at radius 1 is 1.58 bits per heavy atom. The number of likely N-dealkylation sites (N-methyl/N-ethyl adjacent to an activating group) is 1. The van der Waals surface area contributed by atoms with E-state index in [0.717, 1.165) is 14.6 Å². The van der Waals surface area contributed by atoms with Gasteiger partial charge < -0.3 is 4.74 Å². The summed E-state index contributed by atoms with van der Waals surface area (Å²) in [5.74, 6) is 0.814. The fraction of sp³-hybridized carbons (Fsp3) is 1.00. The van der Waals surface area contributed by atoms with Crippen molar-refractivity contribution in [3.8, 4) is 0 Å². The molecular weight excluding hydrogens is 169 g/mol. The molecule has 0 aromatic rings. The summed E-state index contributed by atoms with van der Waals surface area (Å²) in [7, 11) is 3.00. The minimum atomic E-state index is 0.433. The zero-order valence-electron chi connectivity index (χ0n) is 8.50. The Labute approximate surface area is 77.5 Å². The molecule has 0 bridgehead atoms. The number of ether oxygens (including phenoxy) is 1. The van der Waals surface area contributed by atoms with Crippen LogP contribution in [0.25, 0.3) is 0 Å². The molecule has 1 saturated heterocycles. The van der Waals surface area contributed by atoms with Gasteiger partial charge in [0.15, 0.2) is 0 Å². The first kappa shape index (κ1) is 10.4. The molecule has 2 nitrogen and oxygen atoms in total. The van der Waals surface area contributed by atoms with Gasteiger partial charge in [-0.2, -0.15) is 0 Å². The minimum Gasteiger partial charge on any atom is -0.353 e. The first-order chi connectivity index (χ1) is 5.69. The van der Waals surface area contributed by atoms with Crippen LogP contribution in [0.15, 0.2) is 0 Å². The van der Waals surface area contributed by atoms with E-state index in [-0.39, 0.29) is 0 Å². The number of hydrogen-bond donors (Lipinski definition) is 0. The van der Waals surface area contributed by atoms with Crippen LogP contribution in [0.4, 0.5) is 0 Å². The lowest BCUT2D eigenvalue weighted by Gasteiger charge is -2.10. The van der Waals surface area contributed by atoms with Crippen molar-refractivity contribution < 1.29 is 4.74 Å². The summed E-state index contributed by atoms with van der Waals surface area (Å²) >= 11 is 0. The number of nitrogens with zero attached hydrogens (tertiary/aromatic N) is 1. The monoisotopic (exact) mass is 189 g/mol. The van der Waals surface area contributed by atoms with Crippen LogP contribution >= 0.6 is 8.73 Å². The molecule has 1 heterocycles. The first-order valence-electron chi connectivity index (χ1n) is 4.74. The molecule has 12 heavy (non-hydrogen) atoms. The van der Waals surface area contributed by atoms with Crippen molar-refractivity contribution in [1.82, 2.24) is 4.67 Å². The van der Waals surface area contributed by atoms with Crippen LogP contribution in [0, 0.1) is 5.92 Å². The maximum atomic E-state index is 5.58. The Kier molecular flexibility index (Phi) is 3.95. The van der Waals surface area contributed by atoms with E-state index < -0.39 is 0 Å². The van der Waals surface area contributed by atoms with Crippen molar-refractivity contribution in [2.75, 3.05) is 13.7 Å². The molecule has 0 radical (unpaired) electrons. The van der Waals surface area contributed by atoms with Crippen LogP contribution < -0.4 is 0 Å². The van der Waals surface area contributed by atoms with Crippen LogP contribution in [0.1, 0.15) is 26.7 Å². The van der Waals surface area contributed by atoms with E-state index in [1.807, 2.05) is 0 Å². The molecule has 1 aliphatic heterocycles. The highest BCUT2D eigenvalue weighted by molar-refractivity contribution is 7.34. The molecule has 0 aromatic carbocycles. The van der Waals surface area contributed by atoms with Gasteiger partial charge in [0.25, 0.3) is 0 Å². The topological polar surface area (TPSA) is 15.8 Å². The van der Waals surface area contributed by atoms with Gasteiger partial charge in [0.05, 0.1) is 6.10 Å². The maximum absolute atomic E-state index is 5.58. The quantitative estimate of drug-likeness (QED) is 0.487.